The lowest BCUT2D eigenvalue weighted by atomic mass is 10.1. The normalized spacial score (nSPS) is 16.5. The van der Waals surface area contributed by atoms with Gasteiger partial charge in [0.1, 0.15) is 0 Å². The molecule has 0 aromatic rings. The highest BCUT2D eigenvalue weighted by molar-refractivity contribution is 4.63. The van der Waals surface area contributed by atoms with Crippen molar-refractivity contribution in [2.75, 3.05) is 20.7 Å². The number of nitrogens with zero attached hydrogens (tertiary/aromatic N) is 1. The summed E-state index contributed by atoms with van der Waals surface area (Å²) >= 11 is 0. The first-order chi connectivity index (χ1) is 5.57. The third-order valence-corrected chi connectivity index (χ3v) is 2.16. The van der Waals surface area contributed by atoms with Gasteiger partial charge in [-0.1, -0.05) is 6.92 Å². The zero-order valence-corrected chi connectivity index (χ0v) is 9.13. The molecule has 0 aliphatic carbocycles. The fourth-order valence-electron chi connectivity index (χ4n) is 1.08. The monoisotopic (exact) mass is 173 g/mol. The van der Waals surface area contributed by atoms with Gasteiger partial charge in [0, 0.05) is 12.6 Å². The van der Waals surface area contributed by atoms with E-state index < -0.39 is 0 Å². The number of rotatable bonds is 6. The first kappa shape index (κ1) is 11.9. The maximum Gasteiger partial charge on any atom is 0.0561 e. The molecule has 0 aliphatic rings. The topological polar surface area (TPSA) is 12.5 Å². The molecule has 0 fully saturated rings. The molecule has 2 nitrogen and oxygen atoms in total. The van der Waals surface area contributed by atoms with Gasteiger partial charge in [-0.2, -0.15) is 0 Å². The molecule has 0 bridgehead atoms. The van der Waals surface area contributed by atoms with Gasteiger partial charge in [0.25, 0.3) is 0 Å². The second-order valence-electron chi connectivity index (χ2n) is 3.73. The Morgan fingerprint density at radius 1 is 1.25 bits per heavy atom. The molecule has 0 saturated carbocycles. The fraction of sp³-hybridized carbons (Fsp3) is 1.00. The number of hydrogen-bond acceptors (Lipinski definition) is 2. The van der Waals surface area contributed by atoms with Crippen molar-refractivity contribution < 1.29 is 4.74 Å². The van der Waals surface area contributed by atoms with Crippen molar-refractivity contribution >= 4 is 0 Å². The van der Waals surface area contributed by atoms with E-state index in [9.17, 15) is 0 Å². The highest BCUT2D eigenvalue weighted by Gasteiger charge is 2.09. The Kier molecular flexibility index (Phi) is 6.39. The maximum absolute atomic E-state index is 5.59. The summed E-state index contributed by atoms with van der Waals surface area (Å²) in [5.41, 5.74) is 0. The summed E-state index contributed by atoms with van der Waals surface area (Å²) in [6, 6.07) is 0.608. The van der Waals surface area contributed by atoms with Crippen LogP contribution < -0.4 is 0 Å². The van der Waals surface area contributed by atoms with E-state index in [2.05, 4.69) is 39.8 Å². The van der Waals surface area contributed by atoms with Gasteiger partial charge in [0.05, 0.1) is 6.10 Å². The summed E-state index contributed by atoms with van der Waals surface area (Å²) in [5.74, 6) is 0. The minimum absolute atomic E-state index is 0.391. The molecule has 0 spiro atoms. The largest absolute Gasteiger partial charge is 0.378 e. The lowest BCUT2D eigenvalue weighted by Gasteiger charge is -2.23. The minimum atomic E-state index is 0.391. The van der Waals surface area contributed by atoms with Crippen LogP contribution in [0.25, 0.3) is 0 Å². The van der Waals surface area contributed by atoms with E-state index in [1.54, 1.807) is 0 Å². The molecular weight excluding hydrogens is 150 g/mol. The molecule has 0 aliphatic heterocycles. The molecular formula is C10H23NO. The van der Waals surface area contributed by atoms with Crippen molar-refractivity contribution in [3.8, 4) is 0 Å². The molecule has 0 aromatic heterocycles. The molecule has 0 rings (SSSR count). The van der Waals surface area contributed by atoms with Crippen molar-refractivity contribution in [2.24, 2.45) is 0 Å². The lowest BCUT2D eigenvalue weighted by molar-refractivity contribution is 0.0455. The highest BCUT2D eigenvalue weighted by atomic mass is 16.5. The fourth-order valence-corrected chi connectivity index (χ4v) is 1.08. The van der Waals surface area contributed by atoms with Gasteiger partial charge in [-0.25, -0.2) is 0 Å². The quantitative estimate of drug-likeness (QED) is 0.610. The van der Waals surface area contributed by atoms with E-state index in [0.717, 1.165) is 19.4 Å². The minimum Gasteiger partial charge on any atom is -0.378 e. The van der Waals surface area contributed by atoms with Crippen LogP contribution in [0.5, 0.6) is 0 Å². The molecule has 2 heteroatoms. The van der Waals surface area contributed by atoms with E-state index in [1.807, 2.05) is 0 Å². The molecule has 0 saturated heterocycles. The Hall–Kier alpha value is -0.0800. The zero-order chi connectivity index (χ0) is 9.56. The molecule has 0 heterocycles. The Labute approximate surface area is 76.9 Å². The maximum atomic E-state index is 5.59. The molecule has 0 aromatic carbocycles. The first-order valence-electron chi connectivity index (χ1n) is 4.86. The standard InChI is InChI=1S/C10H23NO/c1-6-7-12-10(3)8-9(2)11(4)5/h9-10H,6-8H2,1-5H3. The molecule has 0 N–H and O–H groups in total. The second kappa shape index (κ2) is 6.44. The van der Waals surface area contributed by atoms with Gasteiger partial charge < -0.3 is 9.64 Å². The van der Waals surface area contributed by atoms with Crippen LogP contribution in [-0.4, -0.2) is 37.7 Å². The van der Waals surface area contributed by atoms with Gasteiger partial charge in [-0.3, -0.25) is 0 Å². The number of hydrogen-bond donors (Lipinski definition) is 0. The summed E-state index contributed by atoms with van der Waals surface area (Å²) in [7, 11) is 4.22. The third-order valence-electron chi connectivity index (χ3n) is 2.16. The van der Waals surface area contributed by atoms with Crippen LogP contribution in [0.15, 0.2) is 0 Å². The highest BCUT2D eigenvalue weighted by Crippen LogP contribution is 2.06. The average molecular weight is 173 g/mol. The van der Waals surface area contributed by atoms with E-state index >= 15 is 0 Å². The summed E-state index contributed by atoms with van der Waals surface area (Å²) in [6.07, 6.45) is 2.62. The van der Waals surface area contributed by atoms with Crippen molar-refractivity contribution in [1.29, 1.82) is 0 Å². The molecule has 2 unspecified atom stereocenters. The summed E-state index contributed by atoms with van der Waals surface area (Å²) in [4.78, 5) is 2.23. The summed E-state index contributed by atoms with van der Waals surface area (Å²) in [5, 5.41) is 0. The Morgan fingerprint density at radius 3 is 2.25 bits per heavy atom. The molecule has 74 valence electrons. The smallest absolute Gasteiger partial charge is 0.0561 e. The SMILES string of the molecule is CCCOC(C)CC(C)N(C)C. The van der Waals surface area contributed by atoms with E-state index in [1.165, 1.54) is 0 Å². The zero-order valence-electron chi connectivity index (χ0n) is 9.13. The van der Waals surface area contributed by atoms with Crippen LogP contribution in [0, 0.1) is 0 Å². The van der Waals surface area contributed by atoms with Gasteiger partial charge in [-0.05, 0) is 40.8 Å². The van der Waals surface area contributed by atoms with Gasteiger partial charge in [-0.15, -0.1) is 0 Å². The van der Waals surface area contributed by atoms with Crippen molar-refractivity contribution in [3.05, 3.63) is 0 Å². The van der Waals surface area contributed by atoms with Crippen LogP contribution in [0.3, 0.4) is 0 Å². The Morgan fingerprint density at radius 2 is 1.83 bits per heavy atom. The third kappa shape index (κ3) is 5.56. The van der Waals surface area contributed by atoms with Gasteiger partial charge in [0.2, 0.25) is 0 Å². The number of ether oxygens (including phenoxy) is 1. The Bertz CT molecular complexity index is 104. The summed E-state index contributed by atoms with van der Waals surface area (Å²) in [6.45, 7) is 7.41. The van der Waals surface area contributed by atoms with E-state index in [-0.39, 0.29) is 0 Å². The van der Waals surface area contributed by atoms with Crippen molar-refractivity contribution in [3.63, 3.8) is 0 Å². The van der Waals surface area contributed by atoms with Crippen LogP contribution in [-0.2, 0) is 4.74 Å². The average Bonchev–Trinajstić information content (AvgIpc) is 2.00. The van der Waals surface area contributed by atoms with E-state index in [0.29, 0.717) is 12.1 Å². The Balaban J connectivity index is 3.47. The van der Waals surface area contributed by atoms with Crippen LogP contribution in [0.4, 0.5) is 0 Å². The molecule has 0 amide bonds. The molecule has 2 atom stereocenters. The van der Waals surface area contributed by atoms with Crippen molar-refractivity contribution in [2.45, 2.75) is 45.8 Å². The predicted octanol–water partition coefficient (Wildman–Crippen LogP) is 2.14. The van der Waals surface area contributed by atoms with E-state index in [4.69, 9.17) is 4.74 Å². The predicted molar refractivity (Wildman–Crippen MR) is 53.5 cm³/mol. The van der Waals surface area contributed by atoms with Gasteiger partial charge in [0.15, 0.2) is 0 Å². The van der Waals surface area contributed by atoms with Gasteiger partial charge >= 0.3 is 0 Å². The van der Waals surface area contributed by atoms with Crippen LogP contribution in [0.1, 0.15) is 33.6 Å². The van der Waals surface area contributed by atoms with Crippen LogP contribution >= 0.6 is 0 Å². The second-order valence-corrected chi connectivity index (χ2v) is 3.73. The van der Waals surface area contributed by atoms with Crippen molar-refractivity contribution in [1.82, 2.24) is 4.90 Å². The first-order valence-corrected chi connectivity index (χ1v) is 4.86. The lowest BCUT2D eigenvalue weighted by Crippen LogP contribution is -2.29. The van der Waals surface area contributed by atoms with Crippen LogP contribution in [0.2, 0.25) is 0 Å². The molecule has 12 heavy (non-hydrogen) atoms. The molecule has 0 radical (unpaired) electrons. The summed E-state index contributed by atoms with van der Waals surface area (Å²) < 4.78 is 5.59.